The zero-order valence-corrected chi connectivity index (χ0v) is 4.36. The van der Waals surface area contributed by atoms with Crippen molar-refractivity contribution in [3.05, 3.63) is 0 Å². The van der Waals surface area contributed by atoms with Crippen LogP contribution in [-0.2, 0) is 4.79 Å². The third-order valence-electron chi connectivity index (χ3n) is 0.630. The minimum atomic E-state index is 0. The molecule has 0 unspecified atom stereocenters. The third-order valence-corrected chi connectivity index (χ3v) is 0.630. The Labute approximate surface area is 45.1 Å². The van der Waals surface area contributed by atoms with Crippen LogP contribution in [0, 0.1) is 0 Å². The summed E-state index contributed by atoms with van der Waals surface area (Å²) in [7, 11) is 3.45. The molecular weight excluding hydrogens is 90.1 g/mol. The van der Waals surface area contributed by atoms with Crippen LogP contribution in [-0.4, -0.2) is 24.9 Å². The molecule has 0 N–H and O–H groups in total. The summed E-state index contributed by atoms with van der Waals surface area (Å²) in [4.78, 5) is 11.6. The molecule has 0 rings (SSSR count). The third kappa shape index (κ3) is 5.47. The number of carbonyl (C=O) groups excluding carboxylic acids is 1. The van der Waals surface area contributed by atoms with Crippen LogP contribution < -0.4 is 0 Å². The number of hydrogen-bond acceptors (Lipinski definition) is 1. The lowest BCUT2D eigenvalue weighted by Gasteiger charge is -2.02. The minimum Gasteiger partial charge on any atom is -0.349 e. The van der Waals surface area contributed by atoms with E-state index in [1.165, 1.54) is 11.8 Å². The Balaban J connectivity index is 0. The van der Waals surface area contributed by atoms with E-state index < -0.39 is 0 Å². The van der Waals surface area contributed by atoms with Crippen LogP contribution in [0.5, 0.6) is 0 Å². The van der Waals surface area contributed by atoms with Gasteiger partial charge in [0.25, 0.3) is 0 Å². The van der Waals surface area contributed by atoms with E-state index in [0.717, 1.165) is 0 Å². The SMILES string of the molecule is C.CC(=O)N(C)C. The fourth-order valence-electron chi connectivity index (χ4n) is 0. The van der Waals surface area contributed by atoms with Crippen LogP contribution in [0.15, 0.2) is 0 Å². The normalized spacial score (nSPS) is 6.71. The Hall–Kier alpha value is -0.530. The molecule has 0 heterocycles. The van der Waals surface area contributed by atoms with Gasteiger partial charge in [0.2, 0.25) is 5.91 Å². The summed E-state index contributed by atoms with van der Waals surface area (Å²) in [6.45, 7) is 1.53. The van der Waals surface area contributed by atoms with E-state index in [2.05, 4.69) is 0 Å². The molecule has 0 aromatic rings. The highest BCUT2D eigenvalue weighted by atomic mass is 16.2. The van der Waals surface area contributed by atoms with Crippen LogP contribution in [0.2, 0.25) is 0 Å². The van der Waals surface area contributed by atoms with Gasteiger partial charge in [-0.15, -0.1) is 0 Å². The molecule has 0 aliphatic heterocycles. The molecule has 2 heteroatoms. The van der Waals surface area contributed by atoms with Gasteiger partial charge in [-0.2, -0.15) is 0 Å². The van der Waals surface area contributed by atoms with Crippen molar-refractivity contribution in [2.75, 3.05) is 14.1 Å². The maximum Gasteiger partial charge on any atom is 0.218 e. The van der Waals surface area contributed by atoms with Crippen molar-refractivity contribution in [2.45, 2.75) is 14.4 Å². The monoisotopic (exact) mass is 103 g/mol. The summed E-state index contributed by atoms with van der Waals surface area (Å²) < 4.78 is 0. The molecule has 0 aromatic heterocycles. The van der Waals surface area contributed by atoms with E-state index in [4.69, 9.17) is 0 Å². The summed E-state index contributed by atoms with van der Waals surface area (Å²) in [5, 5.41) is 0. The van der Waals surface area contributed by atoms with Gasteiger partial charge in [-0.05, 0) is 0 Å². The number of rotatable bonds is 0. The van der Waals surface area contributed by atoms with Gasteiger partial charge in [0.1, 0.15) is 0 Å². The molecule has 0 atom stereocenters. The van der Waals surface area contributed by atoms with Gasteiger partial charge >= 0.3 is 0 Å². The number of hydrogen-bond donors (Lipinski definition) is 0. The van der Waals surface area contributed by atoms with E-state index in [-0.39, 0.29) is 13.3 Å². The van der Waals surface area contributed by atoms with Gasteiger partial charge in [-0.1, -0.05) is 7.43 Å². The Bertz CT molecular complexity index is 59.1. The molecule has 0 saturated heterocycles. The highest BCUT2D eigenvalue weighted by Crippen LogP contribution is 1.69. The fourth-order valence-corrected chi connectivity index (χ4v) is 0. The molecule has 0 aliphatic carbocycles. The van der Waals surface area contributed by atoms with Crippen LogP contribution in [0.1, 0.15) is 14.4 Å². The number of amides is 1. The Morgan fingerprint density at radius 1 is 1.43 bits per heavy atom. The topological polar surface area (TPSA) is 20.3 Å². The van der Waals surface area contributed by atoms with Gasteiger partial charge in [0.15, 0.2) is 0 Å². The first-order valence-corrected chi connectivity index (χ1v) is 1.82. The molecule has 0 bridgehead atoms. The average molecular weight is 103 g/mol. The molecule has 0 aliphatic rings. The van der Waals surface area contributed by atoms with Crippen LogP contribution in [0.3, 0.4) is 0 Å². The first kappa shape index (κ1) is 9.69. The quantitative estimate of drug-likeness (QED) is 0.442. The number of carbonyl (C=O) groups is 1. The highest BCUT2D eigenvalue weighted by Gasteiger charge is 1.87. The average Bonchev–Trinajstić information content (AvgIpc) is 1.36. The fraction of sp³-hybridized carbons (Fsp3) is 0.800. The molecular formula is C5H13NO. The van der Waals surface area contributed by atoms with E-state index in [1.54, 1.807) is 14.1 Å². The zero-order chi connectivity index (χ0) is 5.15. The molecule has 7 heavy (non-hydrogen) atoms. The standard InChI is InChI=1S/C4H9NO.CH4/c1-4(6)5(2)3;/h1-3H3;1H4. The Morgan fingerprint density at radius 2 is 1.57 bits per heavy atom. The maximum atomic E-state index is 10.1. The van der Waals surface area contributed by atoms with Crippen molar-refractivity contribution >= 4 is 5.91 Å². The lowest BCUT2D eigenvalue weighted by atomic mass is 10.7. The summed E-state index contributed by atoms with van der Waals surface area (Å²) in [6.07, 6.45) is 0. The first-order chi connectivity index (χ1) is 2.64. The smallest absolute Gasteiger partial charge is 0.218 e. The van der Waals surface area contributed by atoms with E-state index in [0.29, 0.717) is 0 Å². The van der Waals surface area contributed by atoms with Gasteiger partial charge < -0.3 is 4.90 Å². The summed E-state index contributed by atoms with van der Waals surface area (Å²) in [5.41, 5.74) is 0. The summed E-state index contributed by atoms with van der Waals surface area (Å²) in [6, 6.07) is 0. The van der Waals surface area contributed by atoms with Gasteiger partial charge in [-0.25, -0.2) is 0 Å². The Kier molecular flexibility index (Phi) is 5.06. The first-order valence-electron chi connectivity index (χ1n) is 1.82. The predicted molar refractivity (Wildman–Crippen MR) is 31.1 cm³/mol. The van der Waals surface area contributed by atoms with Crippen molar-refractivity contribution in [2.24, 2.45) is 0 Å². The van der Waals surface area contributed by atoms with Crippen molar-refractivity contribution < 1.29 is 4.79 Å². The molecule has 0 spiro atoms. The summed E-state index contributed by atoms with van der Waals surface area (Å²) in [5.74, 6) is 0.0926. The minimum absolute atomic E-state index is 0. The van der Waals surface area contributed by atoms with Crippen molar-refractivity contribution in [3.8, 4) is 0 Å². The van der Waals surface area contributed by atoms with Crippen LogP contribution in [0.4, 0.5) is 0 Å². The second-order valence-electron chi connectivity index (χ2n) is 1.41. The van der Waals surface area contributed by atoms with Crippen molar-refractivity contribution in [1.29, 1.82) is 0 Å². The lowest BCUT2D eigenvalue weighted by Crippen LogP contribution is -2.17. The van der Waals surface area contributed by atoms with Gasteiger partial charge in [0, 0.05) is 21.0 Å². The van der Waals surface area contributed by atoms with E-state index in [1.807, 2.05) is 0 Å². The molecule has 0 saturated carbocycles. The van der Waals surface area contributed by atoms with Gasteiger partial charge in [0.05, 0.1) is 0 Å². The number of nitrogens with zero attached hydrogens (tertiary/aromatic N) is 1. The molecule has 0 fully saturated rings. The largest absolute Gasteiger partial charge is 0.349 e. The molecule has 1 amide bonds. The molecule has 0 radical (unpaired) electrons. The van der Waals surface area contributed by atoms with Crippen LogP contribution in [0.25, 0.3) is 0 Å². The van der Waals surface area contributed by atoms with Crippen LogP contribution >= 0.6 is 0 Å². The van der Waals surface area contributed by atoms with E-state index in [9.17, 15) is 4.79 Å². The maximum absolute atomic E-state index is 10.1. The van der Waals surface area contributed by atoms with E-state index >= 15 is 0 Å². The zero-order valence-electron chi connectivity index (χ0n) is 4.36. The van der Waals surface area contributed by atoms with Crippen molar-refractivity contribution in [3.63, 3.8) is 0 Å². The molecule has 44 valence electrons. The molecule has 2 nitrogen and oxygen atoms in total. The van der Waals surface area contributed by atoms with Crippen molar-refractivity contribution in [1.82, 2.24) is 4.90 Å². The predicted octanol–water partition coefficient (Wildman–Crippen LogP) is 0.731. The Morgan fingerprint density at radius 3 is 1.57 bits per heavy atom. The highest BCUT2D eigenvalue weighted by molar-refractivity contribution is 5.72. The second-order valence-corrected chi connectivity index (χ2v) is 1.41. The summed E-state index contributed by atoms with van der Waals surface area (Å²) >= 11 is 0. The van der Waals surface area contributed by atoms with Gasteiger partial charge in [-0.3, -0.25) is 4.79 Å². The lowest BCUT2D eigenvalue weighted by molar-refractivity contribution is -0.126. The second kappa shape index (κ2) is 3.65. The molecule has 0 aromatic carbocycles.